The number of fused-ring (bicyclic) bond motifs is 1. The van der Waals surface area contributed by atoms with E-state index in [1.165, 1.54) is 5.39 Å². The highest BCUT2D eigenvalue weighted by atomic mass is 16.2. The van der Waals surface area contributed by atoms with Crippen molar-refractivity contribution in [2.75, 3.05) is 58.3 Å². The largest absolute Gasteiger partial charge is 0.353 e. The predicted molar refractivity (Wildman–Crippen MR) is 136 cm³/mol. The smallest absolute Gasteiger partial charge is 0.252 e. The van der Waals surface area contributed by atoms with Gasteiger partial charge >= 0.3 is 0 Å². The lowest BCUT2D eigenvalue weighted by molar-refractivity contribution is -0.130. The molecule has 1 N–H and O–H groups in total. The van der Waals surface area contributed by atoms with Gasteiger partial charge in [-0.05, 0) is 55.5 Å². The fraction of sp³-hybridized carbons (Fsp3) is 0.370. The molecule has 2 amide bonds. The second kappa shape index (κ2) is 11.1. The van der Waals surface area contributed by atoms with Gasteiger partial charge in [0.05, 0.1) is 12.0 Å². The van der Waals surface area contributed by atoms with Crippen LogP contribution in [0, 0.1) is 0 Å². The second-order valence-electron chi connectivity index (χ2n) is 9.04. The van der Waals surface area contributed by atoms with Gasteiger partial charge in [-0.15, -0.1) is 0 Å². The number of rotatable bonds is 8. The van der Waals surface area contributed by atoms with Crippen LogP contribution >= 0.6 is 0 Å². The van der Waals surface area contributed by atoms with Crippen molar-refractivity contribution < 1.29 is 9.59 Å². The Hall–Kier alpha value is -3.45. The zero-order chi connectivity index (χ0) is 23.9. The van der Waals surface area contributed by atoms with Crippen molar-refractivity contribution in [3.05, 3.63) is 71.9 Å². The second-order valence-corrected chi connectivity index (χ2v) is 9.04. The third-order valence-electron chi connectivity index (χ3n) is 6.20. The molecule has 2 heterocycles. The van der Waals surface area contributed by atoms with Crippen LogP contribution in [-0.2, 0) is 11.2 Å². The van der Waals surface area contributed by atoms with Crippen LogP contribution in [0.4, 0.5) is 5.82 Å². The average Bonchev–Trinajstić information content (AvgIpc) is 2.86. The van der Waals surface area contributed by atoms with Gasteiger partial charge in [0.25, 0.3) is 5.91 Å². The molecule has 1 aliphatic heterocycles. The Morgan fingerprint density at radius 1 is 0.971 bits per heavy atom. The van der Waals surface area contributed by atoms with Crippen LogP contribution in [0.3, 0.4) is 0 Å². The fourth-order valence-electron chi connectivity index (χ4n) is 4.23. The quantitative estimate of drug-likeness (QED) is 0.525. The number of nitrogens with one attached hydrogen (secondary N) is 1. The van der Waals surface area contributed by atoms with E-state index < -0.39 is 0 Å². The number of benzene rings is 2. The zero-order valence-corrected chi connectivity index (χ0v) is 20.0. The van der Waals surface area contributed by atoms with Gasteiger partial charge in [-0.3, -0.25) is 9.59 Å². The van der Waals surface area contributed by atoms with E-state index in [9.17, 15) is 9.59 Å². The Balaban J connectivity index is 1.25. The third-order valence-corrected chi connectivity index (χ3v) is 6.20. The highest BCUT2D eigenvalue weighted by molar-refractivity contribution is 5.94. The van der Waals surface area contributed by atoms with Gasteiger partial charge in [0.2, 0.25) is 5.91 Å². The molecule has 0 saturated carbocycles. The van der Waals surface area contributed by atoms with Gasteiger partial charge in [0.15, 0.2) is 0 Å². The first-order valence-corrected chi connectivity index (χ1v) is 11.9. The Labute approximate surface area is 201 Å². The number of carbonyl (C=O) groups excluding carboxylic acids is 2. The topological polar surface area (TPSA) is 68.8 Å². The molecule has 7 nitrogen and oxygen atoms in total. The molecule has 3 aromatic rings. The van der Waals surface area contributed by atoms with E-state index in [-0.39, 0.29) is 11.8 Å². The summed E-state index contributed by atoms with van der Waals surface area (Å²) >= 11 is 0. The van der Waals surface area contributed by atoms with Crippen molar-refractivity contribution in [3.8, 4) is 0 Å². The summed E-state index contributed by atoms with van der Waals surface area (Å²) in [6, 6.07) is 18.1. The van der Waals surface area contributed by atoms with Crippen molar-refractivity contribution in [1.82, 2.24) is 20.1 Å². The predicted octanol–water partition coefficient (Wildman–Crippen LogP) is 2.81. The molecule has 0 bridgehead atoms. The highest BCUT2D eigenvalue weighted by Gasteiger charge is 2.22. The van der Waals surface area contributed by atoms with E-state index in [4.69, 9.17) is 0 Å². The molecule has 1 aliphatic rings. The molecule has 1 fully saturated rings. The lowest BCUT2D eigenvalue weighted by Crippen LogP contribution is -2.49. The van der Waals surface area contributed by atoms with E-state index in [0.717, 1.165) is 42.8 Å². The molecule has 0 unspecified atom stereocenters. The average molecular weight is 460 g/mol. The van der Waals surface area contributed by atoms with Gasteiger partial charge in [-0.1, -0.05) is 42.5 Å². The standard InChI is InChI=1S/C27H33N5O2/c1-30(2)13-5-12-28-27(34)24-10-11-25(29-20-24)31-14-16-32(17-15-31)26(33)19-21-8-9-22-6-3-4-7-23(22)18-21/h3-4,6-11,18,20H,5,12-17,19H2,1-2H3,(H,28,34). The Bertz CT molecular complexity index is 1120. The zero-order valence-electron chi connectivity index (χ0n) is 20.0. The summed E-state index contributed by atoms with van der Waals surface area (Å²) < 4.78 is 0. The summed E-state index contributed by atoms with van der Waals surface area (Å²) in [4.78, 5) is 35.8. The van der Waals surface area contributed by atoms with E-state index >= 15 is 0 Å². The summed E-state index contributed by atoms with van der Waals surface area (Å²) in [7, 11) is 4.04. The molecule has 1 aromatic heterocycles. The van der Waals surface area contributed by atoms with Crippen LogP contribution in [-0.4, -0.2) is 80.0 Å². The maximum Gasteiger partial charge on any atom is 0.252 e. The normalized spacial score (nSPS) is 14.0. The van der Waals surface area contributed by atoms with Crippen LogP contribution < -0.4 is 10.2 Å². The molecular weight excluding hydrogens is 426 g/mol. The van der Waals surface area contributed by atoms with Crippen LogP contribution in [0.5, 0.6) is 0 Å². The lowest BCUT2D eigenvalue weighted by Gasteiger charge is -2.35. The third kappa shape index (κ3) is 6.11. The number of piperazine rings is 1. The number of hydrogen-bond acceptors (Lipinski definition) is 5. The number of pyridine rings is 1. The van der Waals surface area contributed by atoms with Crippen molar-refractivity contribution in [2.45, 2.75) is 12.8 Å². The van der Waals surface area contributed by atoms with Gasteiger partial charge in [-0.25, -0.2) is 4.98 Å². The number of amides is 2. The molecule has 4 rings (SSSR count). The first kappa shape index (κ1) is 23.7. The van der Waals surface area contributed by atoms with Crippen molar-refractivity contribution >= 4 is 28.4 Å². The summed E-state index contributed by atoms with van der Waals surface area (Å²) in [5.74, 6) is 0.900. The molecule has 1 saturated heterocycles. The number of anilines is 1. The van der Waals surface area contributed by atoms with Gasteiger partial charge < -0.3 is 20.0 Å². The minimum Gasteiger partial charge on any atom is -0.353 e. The molecular formula is C27H33N5O2. The van der Waals surface area contributed by atoms with Gasteiger partial charge in [0.1, 0.15) is 5.82 Å². The maximum absolute atomic E-state index is 12.9. The molecule has 0 atom stereocenters. The minimum atomic E-state index is -0.0955. The SMILES string of the molecule is CN(C)CCCNC(=O)c1ccc(N2CCN(C(=O)Cc3ccc4ccccc4c3)CC2)nc1. The molecule has 178 valence electrons. The molecule has 0 radical (unpaired) electrons. The van der Waals surface area contributed by atoms with E-state index in [1.807, 2.05) is 49.3 Å². The molecule has 0 spiro atoms. The van der Waals surface area contributed by atoms with Crippen LogP contribution in [0.25, 0.3) is 10.8 Å². The van der Waals surface area contributed by atoms with E-state index in [1.54, 1.807) is 6.20 Å². The molecule has 7 heteroatoms. The summed E-state index contributed by atoms with van der Waals surface area (Å²) in [6.45, 7) is 4.38. The van der Waals surface area contributed by atoms with Crippen LogP contribution in [0.15, 0.2) is 60.8 Å². The lowest BCUT2D eigenvalue weighted by atomic mass is 10.0. The van der Waals surface area contributed by atoms with Gasteiger partial charge in [-0.2, -0.15) is 0 Å². The molecule has 34 heavy (non-hydrogen) atoms. The first-order valence-electron chi connectivity index (χ1n) is 11.9. The number of carbonyl (C=O) groups is 2. The van der Waals surface area contributed by atoms with E-state index in [2.05, 4.69) is 44.4 Å². The summed E-state index contributed by atoms with van der Waals surface area (Å²) in [6.07, 6.45) is 2.96. The first-order chi connectivity index (χ1) is 16.5. The molecule has 2 aromatic carbocycles. The van der Waals surface area contributed by atoms with Crippen molar-refractivity contribution in [1.29, 1.82) is 0 Å². The Morgan fingerprint density at radius 3 is 2.44 bits per heavy atom. The Kier molecular flexibility index (Phi) is 7.75. The fourth-order valence-corrected chi connectivity index (χ4v) is 4.23. The van der Waals surface area contributed by atoms with Gasteiger partial charge in [0, 0.05) is 38.9 Å². The van der Waals surface area contributed by atoms with E-state index in [0.29, 0.717) is 31.6 Å². The number of aromatic nitrogens is 1. The van der Waals surface area contributed by atoms with Crippen LogP contribution in [0.2, 0.25) is 0 Å². The Morgan fingerprint density at radius 2 is 1.74 bits per heavy atom. The maximum atomic E-state index is 12.9. The summed E-state index contributed by atoms with van der Waals surface area (Å²) in [5.41, 5.74) is 1.61. The number of hydrogen-bond donors (Lipinski definition) is 1. The minimum absolute atomic E-state index is 0.0955. The number of nitrogens with zero attached hydrogens (tertiary/aromatic N) is 4. The monoisotopic (exact) mass is 459 g/mol. The van der Waals surface area contributed by atoms with Crippen molar-refractivity contribution in [3.63, 3.8) is 0 Å². The molecule has 0 aliphatic carbocycles. The summed E-state index contributed by atoms with van der Waals surface area (Å²) in [5, 5.41) is 5.29. The van der Waals surface area contributed by atoms with Crippen molar-refractivity contribution in [2.24, 2.45) is 0 Å². The van der Waals surface area contributed by atoms with Crippen LogP contribution in [0.1, 0.15) is 22.3 Å². The highest BCUT2D eigenvalue weighted by Crippen LogP contribution is 2.18.